The van der Waals surface area contributed by atoms with E-state index in [-0.39, 0.29) is 0 Å². The minimum absolute atomic E-state index is 0.425. The molecule has 0 unspecified atom stereocenters. The zero-order chi connectivity index (χ0) is 16.5. The highest BCUT2D eigenvalue weighted by atomic mass is 16.6. The Morgan fingerprint density at radius 3 is 2.82 bits per heavy atom. The molecule has 0 aromatic rings. The minimum Gasteiger partial charge on any atom is -0.459 e. The van der Waals surface area contributed by atoms with Gasteiger partial charge in [-0.1, -0.05) is 25.8 Å². The topological polar surface area (TPSA) is 72.8 Å². The molecule has 1 aliphatic heterocycles. The quantitative estimate of drug-likeness (QED) is 0.480. The lowest BCUT2D eigenvalue weighted by Gasteiger charge is -2.27. The van der Waals surface area contributed by atoms with E-state index in [0.717, 1.165) is 19.3 Å². The molecule has 0 saturated heterocycles. The van der Waals surface area contributed by atoms with Gasteiger partial charge in [-0.2, -0.15) is 0 Å². The third-order valence-corrected chi connectivity index (χ3v) is 3.91. The van der Waals surface area contributed by atoms with Crippen molar-refractivity contribution < 1.29 is 24.2 Å². The van der Waals surface area contributed by atoms with E-state index in [1.54, 1.807) is 13.0 Å². The largest absolute Gasteiger partial charge is 0.459 e. The summed E-state index contributed by atoms with van der Waals surface area (Å²) in [6.07, 6.45) is 6.71. The average Bonchev–Trinajstić information content (AvgIpc) is 2.47. The lowest BCUT2D eigenvalue weighted by molar-refractivity contribution is -0.166. The first kappa shape index (κ1) is 18.7. The van der Waals surface area contributed by atoms with Crippen molar-refractivity contribution in [3.63, 3.8) is 0 Å². The molecule has 0 bridgehead atoms. The highest BCUT2D eigenvalue weighted by molar-refractivity contribution is 5.74. The third-order valence-electron chi connectivity index (χ3n) is 3.91. The highest BCUT2D eigenvalue weighted by Crippen LogP contribution is 2.21. The maximum atomic E-state index is 12.3. The van der Waals surface area contributed by atoms with E-state index in [4.69, 9.17) is 9.47 Å². The van der Waals surface area contributed by atoms with Gasteiger partial charge in [-0.3, -0.25) is 9.59 Å². The zero-order valence-corrected chi connectivity index (χ0v) is 13.8. The molecule has 1 N–H and O–H groups in total. The van der Waals surface area contributed by atoms with E-state index in [1.807, 2.05) is 6.08 Å². The van der Waals surface area contributed by atoms with Crippen molar-refractivity contribution in [2.75, 3.05) is 0 Å². The van der Waals surface area contributed by atoms with Crippen LogP contribution in [0.1, 0.15) is 59.3 Å². The predicted molar refractivity (Wildman–Crippen MR) is 83.1 cm³/mol. The summed E-state index contributed by atoms with van der Waals surface area (Å²) >= 11 is 0. The molecule has 0 saturated carbocycles. The first-order valence-corrected chi connectivity index (χ1v) is 8.18. The first-order valence-electron chi connectivity index (χ1n) is 8.18. The molecule has 126 valence electrons. The molecule has 1 aliphatic rings. The SMILES string of the molecule is CCCCC[C@H]1OC(=O)[C@H](C)[C@H](OC(C)=O)C=CCC[C@@H]1O. The summed E-state index contributed by atoms with van der Waals surface area (Å²) in [4.78, 5) is 23.4. The number of carbonyl (C=O) groups is 2. The number of hydrogen-bond donors (Lipinski definition) is 1. The summed E-state index contributed by atoms with van der Waals surface area (Å²) in [5.74, 6) is -1.44. The van der Waals surface area contributed by atoms with Crippen molar-refractivity contribution in [3.8, 4) is 0 Å². The second-order valence-corrected chi connectivity index (χ2v) is 5.91. The molecule has 1 rings (SSSR count). The molecule has 0 amide bonds. The highest BCUT2D eigenvalue weighted by Gasteiger charge is 2.31. The molecule has 0 spiro atoms. The Hall–Kier alpha value is -1.36. The molecule has 4 atom stereocenters. The van der Waals surface area contributed by atoms with Gasteiger partial charge in [0, 0.05) is 6.92 Å². The number of cyclic esters (lactones) is 1. The van der Waals surface area contributed by atoms with Gasteiger partial charge < -0.3 is 14.6 Å². The Morgan fingerprint density at radius 1 is 1.45 bits per heavy atom. The van der Waals surface area contributed by atoms with Crippen LogP contribution in [0, 0.1) is 5.92 Å². The fraction of sp³-hybridized carbons (Fsp3) is 0.765. The van der Waals surface area contributed by atoms with E-state index >= 15 is 0 Å². The number of hydrogen-bond acceptors (Lipinski definition) is 5. The minimum atomic E-state index is -0.650. The van der Waals surface area contributed by atoms with Crippen molar-refractivity contribution in [1.29, 1.82) is 0 Å². The average molecular weight is 312 g/mol. The maximum absolute atomic E-state index is 12.3. The van der Waals surface area contributed by atoms with E-state index in [9.17, 15) is 14.7 Å². The first-order chi connectivity index (χ1) is 10.5. The van der Waals surface area contributed by atoms with Gasteiger partial charge in [0.15, 0.2) is 0 Å². The van der Waals surface area contributed by atoms with Crippen LogP contribution in [0.5, 0.6) is 0 Å². The smallest absolute Gasteiger partial charge is 0.313 e. The van der Waals surface area contributed by atoms with Crippen LogP contribution in [0.2, 0.25) is 0 Å². The molecule has 0 aromatic heterocycles. The van der Waals surface area contributed by atoms with Crippen molar-refractivity contribution in [2.45, 2.75) is 77.6 Å². The van der Waals surface area contributed by atoms with E-state index in [0.29, 0.717) is 19.3 Å². The standard InChI is InChI=1S/C17H28O5/c1-4-5-6-11-16-14(19)9-7-8-10-15(21-13(3)18)12(2)17(20)22-16/h8,10,12,14-16,19H,4-7,9,11H2,1-3H3/t12-,14+,15-,16-/m1/s1. The lowest BCUT2D eigenvalue weighted by Crippen LogP contribution is -2.37. The van der Waals surface area contributed by atoms with E-state index < -0.39 is 36.2 Å². The monoisotopic (exact) mass is 312 g/mol. The van der Waals surface area contributed by atoms with Crippen LogP contribution in [0.15, 0.2) is 12.2 Å². The van der Waals surface area contributed by atoms with Crippen LogP contribution in [-0.2, 0) is 19.1 Å². The van der Waals surface area contributed by atoms with Gasteiger partial charge in [0.05, 0.1) is 12.0 Å². The molecule has 0 fully saturated rings. The van der Waals surface area contributed by atoms with Crippen molar-refractivity contribution in [1.82, 2.24) is 0 Å². The van der Waals surface area contributed by atoms with Crippen molar-refractivity contribution >= 4 is 11.9 Å². The molecule has 22 heavy (non-hydrogen) atoms. The maximum Gasteiger partial charge on any atom is 0.313 e. The van der Waals surface area contributed by atoms with E-state index in [2.05, 4.69) is 6.92 Å². The molecular weight excluding hydrogens is 284 g/mol. The lowest BCUT2D eigenvalue weighted by atomic mass is 9.98. The fourth-order valence-electron chi connectivity index (χ4n) is 2.50. The van der Waals surface area contributed by atoms with Gasteiger partial charge in [-0.15, -0.1) is 0 Å². The third kappa shape index (κ3) is 6.18. The Balaban J connectivity index is 2.78. The zero-order valence-electron chi connectivity index (χ0n) is 13.8. The summed E-state index contributed by atoms with van der Waals surface area (Å²) in [5, 5.41) is 10.2. The summed E-state index contributed by atoms with van der Waals surface area (Å²) < 4.78 is 10.7. The summed E-state index contributed by atoms with van der Waals surface area (Å²) in [6, 6.07) is 0. The van der Waals surface area contributed by atoms with Gasteiger partial charge in [0.2, 0.25) is 0 Å². The van der Waals surface area contributed by atoms with Gasteiger partial charge in [0.25, 0.3) is 0 Å². The van der Waals surface area contributed by atoms with Crippen molar-refractivity contribution in [2.24, 2.45) is 5.92 Å². The van der Waals surface area contributed by atoms with Crippen LogP contribution in [0.4, 0.5) is 0 Å². The van der Waals surface area contributed by atoms with Crippen molar-refractivity contribution in [3.05, 3.63) is 12.2 Å². The predicted octanol–water partition coefficient (Wildman–Crippen LogP) is 2.76. The Bertz CT molecular complexity index is 391. The van der Waals surface area contributed by atoms with Crippen LogP contribution in [-0.4, -0.2) is 35.4 Å². The number of esters is 2. The number of rotatable bonds is 5. The number of unbranched alkanes of at least 4 members (excludes halogenated alkanes) is 2. The van der Waals surface area contributed by atoms with E-state index in [1.165, 1.54) is 6.92 Å². The Morgan fingerprint density at radius 2 is 2.18 bits per heavy atom. The number of aliphatic hydroxyl groups excluding tert-OH is 1. The van der Waals surface area contributed by atoms with Crippen LogP contribution < -0.4 is 0 Å². The van der Waals surface area contributed by atoms with Gasteiger partial charge in [-0.25, -0.2) is 0 Å². The molecule has 5 nitrogen and oxygen atoms in total. The van der Waals surface area contributed by atoms with Crippen LogP contribution >= 0.6 is 0 Å². The summed E-state index contributed by atoms with van der Waals surface area (Å²) in [7, 11) is 0. The number of carbonyl (C=O) groups excluding carboxylic acids is 2. The Labute approximate surface area is 132 Å². The number of aliphatic hydroxyl groups is 1. The van der Waals surface area contributed by atoms with Gasteiger partial charge >= 0.3 is 11.9 Å². The van der Waals surface area contributed by atoms with Crippen LogP contribution in [0.25, 0.3) is 0 Å². The normalized spacial score (nSPS) is 29.7. The molecule has 1 heterocycles. The number of allylic oxidation sites excluding steroid dienone is 1. The van der Waals surface area contributed by atoms with Gasteiger partial charge in [0.1, 0.15) is 12.2 Å². The molecule has 0 aromatic carbocycles. The molecule has 5 heteroatoms. The Kier molecular flexibility index (Phi) is 8.17. The number of ether oxygens (including phenoxy) is 2. The van der Waals surface area contributed by atoms with Crippen LogP contribution in [0.3, 0.4) is 0 Å². The second-order valence-electron chi connectivity index (χ2n) is 5.91. The molecule has 0 radical (unpaired) electrons. The summed E-state index contributed by atoms with van der Waals surface area (Å²) in [6.45, 7) is 5.10. The second kappa shape index (κ2) is 9.62. The fourth-order valence-corrected chi connectivity index (χ4v) is 2.50. The molecule has 0 aliphatic carbocycles. The van der Waals surface area contributed by atoms with Gasteiger partial charge in [-0.05, 0) is 38.7 Å². The molecular formula is C17H28O5. The summed E-state index contributed by atoms with van der Waals surface area (Å²) in [5.41, 5.74) is 0.